The normalized spacial score (nSPS) is 10.3. The lowest BCUT2D eigenvalue weighted by atomic mass is 10.1. The van der Waals surface area contributed by atoms with E-state index in [1.54, 1.807) is 43.4 Å². The summed E-state index contributed by atoms with van der Waals surface area (Å²) in [6.07, 6.45) is 0.892. The van der Waals surface area contributed by atoms with E-state index in [2.05, 4.69) is 5.32 Å². The van der Waals surface area contributed by atoms with Crippen molar-refractivity contribution < 1.29 is 14.3 Å². The summed E-state index contributed by atoms with van der Waals surface area (Å²) in [5.41, 5.74) is 2.51. The van der Waals surface area contributed by atoms with E-state index in [0.717, 1.165) is 12.0 Å². The largest absolute Gasteiger partial charge is 0.494 e. The lowest BCUT2D eigenvalue weighted by Gasteiger charge is -2.21. The summed E-state index contributed by atoms with van der Waals surface area (Å²) in [5.74, 6) is 0.222. The highest BCUT2D eigenvalue weighted by atomic mass is 16.5. The molecule has 3 aromatic rings. The molecule has 0 radical (unpaired) electrons. The van der Waals surface area contributed by atoms with E-state index in [0.29, 0.717) is 35.7 Å². The summed E-state index contributed by atoms with van der Waals surface area (Å²) < 4.78 is 5.63. The molecule has 3 aromatic carbocycles. The first kappa shape index (κ1) is 21.1. The van der Waals surface area contributed by atoms with E-state index in [1.807, 2.05) is 49.4 Å². The topological polar surface area (TPSA) is 58.6 Å². The minimum atomic E-state index is -0.228. The van der Waals surface area contributed by atoms with Crippen molar-refractivity contribution in [1.82, 2.24) is 5.32 Å². The van der Waals surface area contributed by atoms with Crippen molar-refractivity contribution in [1.29, 1.82) is 0 Å². The molecule has 1 N–H and O–H groups in total. The molecule has 0 atom stereocenters. The molecule has 0 spiro atoms. The standard InChI is InChI=1S/C25H26N2O3/c1-3-16-30-21-13-9-12-20(17-21)25(29)27(2)23-15-8-7-14-22(23)24(28)26-18-19-10-5-4-6-11-19/h4-15,17H,3,16,18H2,1-2H3,(H,26,28). The smallest absolute Gasteiger partial charge is 0.258 e. The molecule has 0 aliphatic rings. The molecule has 0 saturated heterocycles. The summed E-state index contributed by atoms with van der Waals surface area (Å²) in [7, 11) is 1.67. The van der Waals surface area contributed by atoms with Crippen molar-refractivity contribution in [3.05, 3.63) is 95.6 Å². The van der Waals surface area contributed by atoms with E-state index >= 15 is 0 Å². The summed E-state index contributed by atoms with van der Waals surface area (Å²) in [5, 5.41) is 2.92. The molecule has 0 heterocycles. The van der Waals surface area contributed by atoms with E-state index in [1.165, 1.54) is 4.90 Å². The maximum atomic E-state index is 13.1. The number of ether oxygens (including phenoxy) is 1. The fraction of sp³-hybridized carbons (Fsp3) is 0.200. The molecule has 5 nitrogen and oxygen atoms in total. The third-order valence-corrected chi connectivity index (χ3v) is 4.66. The first-order valence-corrected chi connectivity index (χ1v) is 10.0. The summed E-state index contributed by atoms with van der Waals surface area (Å²) in [6, 6.07) is 23.9. The number of nitrogens with zero attached hydrogens (tertiary/aromatic N) is 1. The van der Waals surface area contributed by atoms with Gasteiger partial charge in [-0.1, -0.05) is 55.5 Å². The number of nitrogens with one attached hydrogen (secondary N) is 1. The lowest BCUT2D eigenvalue weighted by Crippen LogP contribution is -2.30. The van der Waals surface area contributed by atoms with Crippen LogP contribution in [0.25, 0.3) is 0 Å². The van der Waals surface area contributed by atoms with Crippen LogP contribution in [0.3, 0.4) is 0 Å². The maximum Gasteiger partial charge on any atom is 0.258 e. The zero-order valence-electron chi connectivity index (χ0n) is 17.3. The van der Waals surface area contributed by atoms with Crippen molar-refractivity contribution in [3.8, 4) is 5.75 Å². The Balaban J connectivity index is 1.77. The van der Waals surface area contributed by atoms with Crippen LogP contribution in [-0.4, -0.2) is 25.5 Å². The Bertz CT molecular complexity index is 1000. The summed E-state index contributed by atoms with van der Waals surface area (Å²) in [6.45, 7) is 3.04. The first-order valence-electron chi connectivity index (χ1n) is 10.0. The minimum Gasteiger partial charge on any atom is -0.494 e. The predicted molar refractivity (Wildman–Crippen MR) is 119 cm³/mol. The summed E-state index contributed by atoms with van der Waals surface area (Å²) in [4.78, 5) is 27.4. The Hall–Kier alpha value is -3.60. The molecule has 0 aliphatic carbocycles. The van der Waals surface area contributed by atoms with Crippen molar-refractivity contribution in [2.45, 2.75) is 19.9 Å². The van der Waals surface area contributed by atoms with E-state index < -0.39 is 0 Å². The zero-order valence-corrected chi connectivity index (χ0v) is 17.3. The molecular formula is C25H26N2O3. The van der Waals surface area contributed by atoms with Crippen LogP contribution in [0.15, 0.2) is 78.9 Å². The quantitative estimate of drug-likeness (QED) is 0.595. The number of para-hydroxylation sites is 1. The third kappa shape index (κ3) is 5.26. The fourth-order valence-corrected chi connectivity index (χ4v) is 3.07. The highest BCUT2D eigenvalue weighted by molar-refractivity contribution is 6.10. The van der Waals surface area contributed by atoms with Crippen LogP contribution in [-0.2, 0) is 6.54 Å². The van der Waals surface area contributed by atoms with Crippen LogP contribution in [0, 0.1) is 0 Å². The number of hydrogen-bond acceptors (Lipinski definition) is 3. The Kier molecular flexibility index (Phi) is 7.22. The zero-order chi connectivity index (χ0) is 21.3. The molecule has 30 heavy (non-hydrogen) atoms. The number of hydrogen-bond donors (Lipinski definition) is 1. The van der Waals surface area contributed by atoms with Gasteiger partial charge in [0.2, 0.25) is 0 Å². The van der Waals surface area contributed by atoms with Crippen LogP contribution < -0.4 is 15.0 Å². The average Bonchev–Trinajstić information content (AvgIpc) is 2.81. The van der Waals surface area contributed by atoms with Gasteiger partial charge in [0, 0.05) is 19.2 Å². The minimum absolute atomic E-state index is 0.208. The van der Waals surface area contributed by atoms with Crippen molar-refractivity contribution >= 4 is 17.5 Å². The van der Waals surface area contributed by atoms with Gasteiger partial charge in [0.15, 0.2) is 0 Å². The third-order valence-electron chi connectivity index (χ3n) is 4.66. The van der Waals surface area contributed by atoms with Gasteiger partial charge in [0.05, 0.1) is 17.9 Å². The molecule has 3 rings (SSSR count). The number of rotatable bonds is 8. The van der Waals surface area contributed by atoms with Gasteiger partial charge in [-0.05, 0) is 42.3 Å². The molecular weight excluding hydrogens is 376 g/mol. The first-order chi connectivity index (χ1) is 14.6. The monoisotopic (exact) mass is 402 g/mol. The Morgan fingerprint density at radius 1 is 0.933 bits per heavy atom. The maximum absolute atomic E-state index is 13.1. The second-order valence-electron chi connectivity index (χ2n) is 6.93. The molecule has 0 bridgehead atoms. The number of benzene rings is 3. The van der Waals surface area contributed by atoms with Gasteiger partial charge in [-0.2, -0.15) is 0 Å². The highest BCUT2D eigenvalue weighted by Gasteiger charge is 2.20. The molecule has 154 valence electrons. The van der Waals surface area contributed by atoms with Crippen LogP contribution in [0.4, 0.5) is 5.69 Å². The Morgan fingerprint density at radius 3 is 2.43 bits per heavy atom. The number of carbonyl (C=O) groups is 2. The molecule has 0 aromatic heterocycles. The Labute approximate surface area is 177 Å². The summed E-state index contributed by atoms with van der Waals surface area (Å²) >= 11 is 0. The molecule has 5 heteroatoms. The second kappa shape index (κ2) is 10.3. The van der Waals surface area contributed by atoms with Gasteiger partial charge in [0.25, 0.3) is 11.8 Å². The van der Waals surface area contributed by atoms with Gasteiger partial charge in [-0.3, -0.25) is 9.59 Å². The molecule has 0 saturated carbocycles. The van der Waals surface area contributed by atoms with Crippen molar-refractivity contribution in [2.24, 2.45) is 0 Å². The van der Waals surface area contributed by atoms with Gasteiger partial charge >= 0.3 is 0 Å². The van der Waals surface area contributed by atoms with Crippen molar-refractivity contribution in [2.75, 3.05) is 18.6 Å². The van der Waals surface area contributed by atoms with Crippen LogP contribution >= 0.6 is 0 Å². The number of amides is 2. The van der Waals surface area contributed by atoms with Gasteiger partial charge in [0.1, 0.15) is 5.75 Å². The fourth-order valence-electron chi connectivity index (χ4n) is 3.07. The van der Waals surface area contributed by atoms with Crippen LogP contribution in [0.2, 0.25) is 0 Å². The SMILES string of the molecule is CCCOc1cccc(C(=O)N(C)c2ccccc2C(=O)NCc2ccccc2)c1. The lowest BCUT2D eigenvalue weighted by molar-refractivity contribution is 0.0951. The van der Waals surface area contributed by atoms with Crippen LogP contribution in [0.1, 0.15) is 39.6 Å². The average molecular weight is 402 g/mol. The van der Waals surface area contributed by atoms with Gasteiger partial charge in [-0.15, -0.1) is 0 Å². The number of anilines is 1. The molecule has 2 amide bonds. The van der Waals surface area contributed by atoms with Crippen LogP contribution in [0.5, 0.6) is 5.75 Å². The highest BCUT2D eigenvalue weighted by Crippen LogP contribution is 2.23. The molecule has 0 fully saturated rings. The van der Waals surface area contributed by atoms with Crippen molar-refractivity contribution in [3.63, 3.8) is 0 Å². The van der Waals surface area contributed by atoms with E-state index in [9.17, 15) is 9.59 Å². The molecule has 0 unspecified atom stereocenters. The Morgan fingerprint density at radius 2 is 1.67 bits per heavy atom. The van der Waals surface area contributed by atoms with Gasteiger partial charge in [-0.25, -0.2) is 0 Å². The number of carbonyl (C=O) groups excluding carboxylic acids is 2. The van der Waals surface area contributed by atoms with E-state index in [-0.39, 0.29) is 11.8 Å². The van der Waals surface area contributed by atoms with Gasteiger partial charge < -0.3 is 15.0 Å². The van der Waals surface area contributed by atoms with E-state index in [4.69, 9.17) is 4.74 Å². The second-order valence-corrected chi connectivity index (χ2v) is 6.93. The molecule has 0 aliphatic heterocycles. The predicted octanol–water partition coefficient (Wildman–Crippen LogP) is 4.68.